The third-order valence-electron chi connectivity index (χ3n) is 4.35. The molecule has 1 aliphatic heterocycles. The molecule has 132 valence electrons. The number of benzene rings is 1. The molecule has 1 aromatic rings. The first-order valence-corrected chi connectivity index (χ1v) is 8.61. The first kappa shape index (κ1) is 18.5. The van der Waals surface area contributed by atoms with Crippen molar-refractivity contribution in [2.24, 2.45) is 0 Å². The van der Waals surface area contributed by atoms with E-state index in [2.05, 4.69) is 0 Å². The lowest BCUT2D eigenvalue weighted by Gasteiger charge is -2.45. The van der Waals surface area contributed by atoms with Gasteiger partial charge in [0.2, 0.25) is 0 Å². The first-order valence-electron chi connectivity index (χ1n) is 8.61. The number of piperidine rings is 1. The number of carbonyl (C=O) groups is 1. The molecule has 0 aliphatic carbocycles. The van der Waals surface area contributed by atoms with E-state index in [1.165, 1.54) is 6.08 Å². The number of unbranched alkanes of at least 4 members (excludes halogenated alkanes) is 1. The van der Waals surface area contributed by atoms with E-state index in [1.807, 2.05) is 37.3 Å². The van der Waals surface area contributed by atoms with Crippen LogP contribution in [0.25, 0.3) is 0 Å². The minimum Gasteiger partial charge on any atom is -0.449 e. The maximum absolute atomic E-state index is 12.5. The first-order chi connectivity index (χ1) is 11.6. The van der Waals surface area contributed by atoms with Gasteiger partial charge < -0.3 is 14.9 Å². The Hall–Kier alpha value is -1.85. The van der Waals surface area contributed by atoms with Crippen LogP contribution >= 0.6 is 0 Å². The Balaban J connectivity index is 2.30. The molecule has 0 aromatic heterocycles. The van der Waals surface area contributed by atoms with Crippen LogP contribution in [-0.2, 0) is 4.74 Å². The van der Waals surface area contributed by atoms with Crippen LogP contribution in [0.2, 0.25) is 0 Å². The van der Waals surface area contributed by atoms with Crippen molar-refractivity contribution in [3.05, 3.63) is 48.0 Å². The van der Waals surface area contributed by atoms with Gasteiger partial charge in [0.15, 0.2) is 0 Å². The maximum Gasteiger partial charge on any atom is 0.410 e. The molecule has 5 nitrogen and oxygen atoms in total. The number of aliphatic hydroxyl groups excluding tert-OH is 1. The van der Waals surface area contributed by atoms with Crippen molar-refractivity contribution in [1.82, 2.24) is 4.90 Å². The number of hydrogen-bond acceptors (Lipinski definition) is 4. The zero-order valence-corrected chi connectivity index (χ0v) is 14.2. The standard InChI is InChI=1S/C19H27NO4/c1-2-3-15-24-18(22)20-13-7-11-19(23,12-8-14-21)17(20)16-9-5-4-6-10-16/h4-6,8-10,12,17,21,23H,2-3,7,11,13-15H2,1H3. The van der Waals surface area contributed by atoms with Gasteiger partial charge in [-0.25, -0.2) is 4.79 Å². The van der Waals surface area contributed by atoms with Gasteiger partial charge in [0.1, 0.15) is 5.60 Å². The molecule has 1 saturated heterocycles. The van der Waals surface area contributed by atoms with Gasteiger partial charge in [0.25, 0.3) is 0 Å². The van der Waals surface area contributed by atoms with E-state index in [0.29, 0.717) is 26.0 Å². The van der Waals surface area contributed by atoms with Crippen molar-refractivity contribution in [2.45, 2.75) is 44.2 Å². The minimum absolute atomic E-state index is 0.148. The quantitative estimate of drug-likeness (QED) is 0.620. The molecule has 5 heteroatoms. The van der Waals surface area contributed by atoms with Gasteiger partial charge in [-0.1, -0.05) is 55.8 Å². The molecule has 2 N–H and O–H groups in total. The molecule has 24 heavy (non-hydrogen) atoms. The molecule has 1 amide bonds. The minimum atomic E-state index is -1.22. The second-order valence-corrected chi connectivity index (χ2v) is 6.15. The molecule has 2 unspecified atom stereocenters. The van der Waals surface area contributed by atoms with Gasteiger partial charge in [-0.2, -0.15) is 0 Å². The van der Waals surface area contributed by atoms with Crippen LogP contribution in [0.1, 0.15) is 44.2 Å². The summed E-state index contributed by atoms with van der Waals surface area (Å²) >= 11 is 0. The largest absolute Gasteiger partial charge is 0.449 e. The smallest absolute Gasteiger partial charge is 0.410 e. The van der Waals surface area contributed by atoms with E-state index in [1.54, 1.807) is 11.0 Å². The molecule has 1 aliphatic rings. The SMILES string of the molecule is CCCCOC(=O)N1CCCC(O)(C=CCO)C1c1ccccc1. The van der Waals surface area contributed by atoms with Crippen molar-refractivity contribution in [3.63, 3.8) is 0 Å². The van der Waals surface area contributed by atoms with Gasteiger partial charge in [0.05, 0.1) is 19.3 Å². The van der Waals surface area contributed by atoms with Crippen molar-refractivity contribution in [1.29, 1.82) is 0 Å². The average Bonchev–Trinajstić information content (AvgIpc) is 2.60. The number of hydrogen-bond donors (Lipinski definition) is 2. The van der Waals surface area contributed by atoms with Crippen LogP contribution in [0.5, 0.6) is 0 Å². The van der Waals surface area contributed by atoms with Crippen LogP contribution < -0.4 is 0 Å². The Kier molecular flexibility index (Phi) is 6.82. The predicted octanol–water partition coefficient (Wildman–Crippen LogP) is 3.04. The summed E-state index contributed by atoms with van der Waals surface area (Å²) < 4.78 is 5.37. The van der Waals surface area contributed by atoms with E-state index < -0.39 is 17.7 Å². The summed E-state index contributed by atoms with van der Waals surface area (Å²) in [4.78, 5) is 14.1. The van der Waals surface area contributed by atoms with Crippen LogP contribution in [0, 0.1) is 0 Å². The van der Waals surface area contributed by atoms with Gasteiger partial charge in [0, 0.05) is 6.54 Å². The zero-order valence-electron chi connectivity index (χ0n) is 14.2. The topological polar surface area (TPSA) is 70.0 Å². The number of carbonyl (C=O) groups excluding carboxylic acids is 1. The monoisotopic (exact) mass is 333 g/mol. The lowest BCUT2D eigenvalue weighted by molar-refractivity contribution is -0.0450. The number of nitrogens with zero attached hydrogens (tertiary/aromatic N) is 1. The summed E-state index contributed by atoms with van der Waals surface area (Å²) in [5, 5.41) is 20.2. The molecular weight excluding hydrogens is 306 g/mol. The summed E-state index contributed by atoms with van der Waals surface area (Å²) in [6, 6.07) is 8.96. The van der Waals surface area contributed by atoms with Crippen molar-refractivity contribution in [2.75, 3.05) is 19.8 Å². The van der Waals surface area contributed by atoms with Crippen LogP contribution in [0.15, 0.2) is 42.5 Å². The number of aliphatic hydroxyl groups is 2. The van der Waals surface area contributed by atoms with Crippen molar-refractivity contribution < 1.29 is 19.7 Å². The Morgan fingerprint density at radius 2 is 2.17 bits per heavy atom. The summed E-state index contributed by atoms with van der Waals surface area (Å²) in [5.74, 6) is 0. The maximum atomic E-state index is 12.5. The van der Waals surface area contributed by atoms with Gasteiger partial charge in [-0.05, 0) is 24.8 Å². The van der Waals surface area contributed by atoms with Crippen LogP contribution in [-0.4, -0.2) is 46.6 Å². The highest BCUT2D eigenvalue weighted by atomic mass is 16.6. The molecule has 1 aromatic carbocycles. The Morgan fingerprint density at radius 1 is 1.42 bits per heavy atom. The van der Waals surface area contributed by atoms with E-state index in [0.717, 1.165) is 18.4 Å². The average molecular weight is 333 g/mol. The van der Waals surface area contributed by atoms with Crippen molar-refractivity contribution >= 4 is 6.09 Å². The predicted molar refractivity (Wildman–Crippen MR) is 92.6 cm³/mol. The van der Waals surface area contributed by atoms with E-state index in [4.69, 9.17) is 9.84 Å². The molecule has 2 rings (SSSR count). The molecule has 0 spiro atoms. The summed E-state index contributed by atoms with van der Waals surface area (Å²) in [6.07, 6.45) is 5.73. The van der Waals surface area contributed by atoms with E-state index >= 15 is 0 Å². The molecule has 2 atom stereocenters. The van der Waals surface area contributed by atoms with Crippen molar-refractivity contribution in [3.8, 4) is 0 Å². The fraction of sp³-hybridized carbons (Fsp3) is 0.526. The molecule has 0 bridgehead atoms. The Morgan fingerprint density at radius 3 is 2.83 bits per heavy atom. The third kappa shape index (κ3) is 4.36. The van der Waals surface area contributed by atoms with Crippen LogP contribution in [0.4, 0.5) is 4.79 Å². The van der Waals surface area contributed by atoms with Gasteiger partial charge in [-0.15, -0.1) is 0 Å². The number of rotatable bonds is 6. The lowest BCUT2D eigenvalue weighted by Crippen LogP contribution is -2.52. The highest BCUT2D eigenvalue weighted by Crippen LogP contribution is 2.40. The lowest BCUT2D eigenvalue weighted by atomic mass is 9.80. The van der Waals surface area contributed by atoms with Crippen LogP contribution in [0.3, 0.4) is 0 Å². The zero-order chi connectivity index (χ0) is 17.4. The fourth-order valence-corrected chi connectivity index (χ4v) is 3.19. The summed E-state index contributed by atoms with van der Waals surface area (Å²) in [6.45, 7) is 2.82. The molecule has 0 saturated carbocycles. The van der Waals surface area contributed by atoms with Gasteiger partial charge >= 0.3 is 6.09 Å². The molecule has 1 heterocycles. The number of ether oxygens (including phenoxy) is 1. The second kappa shape index (κ2) is 8.85. The second-order valence-electron chi connectivity index (χ2n) is 6.15. The molecule has 1 fully saturated rings. The Bertz CT molecular complexity index is 546. The summed E-state index contributed by atoms with van der Waals surface area (Å²) in [5.41, 5.74) is -0.360. The normalized spacial score (nSPS) is 24.3. The number of likely N-dealkylation sites (tertiary alicyclic amines) is 1. The van der Waals surface area contributed by atoms with E-state index in [9.17, 15) is 9.90 Å². The van der Waals surface area contributed by atoms with E-state index in [-0.39, 0.29) is 6.61 Å². The third-order valence-corrected chi connectivity index (χ3v) is 4.35. The summed E-state index contributed by atoms with van der Waals surface area (Å²) in [7, 11) is 0. The highest BCUT2D eigenvalue weighted by molar-refractivity contribution is 5.69. The highest BCUT2D eigenvalue weighted by Gasteiger charge is 2.44. The Labute approximate surface area is 143 Å². The molecular formula is C19H27NO4. The fourth-order valence-electron chi connectivity index (χ4n) is 3.19. The molecule has 0 radical (unpaired) electrons. The number of amides is 1. The van der Waals surface area contributed by atoms with Gasteiger partial charge in [-0.3, -0.25) is 4.90 Å².